The lowest BCUT2D eigenvalue weighted by Gasteiger charge is -2.14. The van der Waals surface area contributed by atoms with E-state index >= 15 is 0 Å². The van der Waals surface area contributed by atoms with Gasteiger partial charge in [0.05, 0.1) is 0 Å². The summed E-state index contributed by atoms with van der Waals surface area (Å²) in [5, 5.41) is 30.4. The summed E-state index contributed by atoms with van der Waals surface area (Å²) in [5.74, 6) is 0.174. The van der Waals surface area contributed by atoms with E-state index in [0.29, 0.717) is 12.2 Å². The van der Waals surface area contributed by atoms with Crippen molar-refractivity contribution in [3.8, 4) is 17.2 Å². The van der Waals surface area contributed by atoms with E-state index in [1.54, 1.807) is 18.2 Å². The van der Waals surface area contributed by atoms with Gasteiger partial charge in [-0.05, 0) is 85.0 Å². The third-order valence-corrected chi connectivity index (χ3v) is 7.15. The molecule has 0 atom stereocenters. The number of aromatic hydroxyl groups is 3. The molecule has 0 aromatic heterocycles. The average molecular weight is 495 g/mol. The van der Waals surface area contributed by atoms with Crippen LogP contribution in [-0.4, -0.2) is 15.3 Å². The van der Waals surface area contributed by atoms with Gasteiger partial charge in [0.1, 0.15) is 5.75 Å². The average Bonchev–Trinajstić information content (AvgIpc) is 2.86. The standard InChI is InChI=1S/C33H50O3/c1-3-5-7-9-11-13-15-17-19-27-24-31(34)22-21-29(27)23-30-26-33(36)32(35)25-28(30)20-18-16-14-12-10-8-6-4-2/h16,18,21-22,24-26,34-36H,3-15,17,19-20,23H2,1-2H3/b18-16-. The van der Waals surface area contributed by atoms with Crippen LogP contribution in [0.2, 0.25) is 0 Å². The van der Waals surface area contributed by atoms with Gasteiger partial charge in [-0.2, -0.15) is 0 Å². The quantitative estimate of drug-likeness (QED) is 0.103. The molecule has 2 aromatic rings. The Kier molecular flexibility index (Phi) is 14.8. The molecule has 0 aliphatic heterocycles. The zero-order valence-electron chi connectivity index (χ0n) is 22.9. The highest BCUT2D eigenvalue weighted by molar-refractivity contribution is 5.49. The molecule has 0 heterocycles. The fourth-order valence-corrected chi connectivity index (χ4v) is 4.88. The van der Waals surface area contributed by atoms with E-state index in [2.05, 4.69) is 26.0 Å². The van der Waals surface area contributed by atoms with Crippen LogP contribution in [0.1, 0.15) is 126 Å². The zero-order valence-corrected chi connectivity index (χ0v) is 22.9. The van der Waals surface area contributed by atoms with E-state index in [0.717, 1.165) is 36.8 Å². The molecule has 0 amide bonds. The summed E-state index contributed by atoms with van der Waals surface area (Å²) < 4.78 is 0. The molecule has 0 fully saturated rings. The van der Waals surface area contributed by atoms with Gasteiger partial charge in [0, 0.05) is 0 Å². The second kappa shape index (κ2) is 17.9. The number of phenolic OH excluding ortho intramolecular Hbond substituents is 3. The molecule has 0 bridgehead atoms. The molecule has 3 heteroatoms. The van der Waals surface area contributed by atoms with Gasteiger partial charge < -0.3 is 15.3 Å². The third-order valence-electron chi connectivity index (χ3n) is 7.15. The van der Waals surface area contributed by atoms with Crippen molar-refractivity contribution in [2.24, 2.45) is 0 Å². The number of phenols is 3. The first-order valence-corrected chi connectivity index (χ1v) is 14.5. The Morgan fingerprint density at radius 2 is 1.14 bits per heavy atom. The monoisotopic (exact) mass is 494 g/mol. The van der Waals surface area contributed by atoms with Crippen LogP contribution >= 0.6 is 0 Å². The predicted molar refractivity (Wildman–Crippen MR) is 153 cm³/mol. The number of aryl methyl sites for hydroxylation is 1. The molecule has 36 heavy (non-hydrogen) atoms. The molecule has 0 aliphatic rings. The molecule has 200 valence electrons. The summed E-state index contributed by atoms with van der Waals surface area (Å²) in [6.45, 7) is 4.49. The summed E-state index contributed by atoms with van der Waals surface area (Å²) in [4.78, 5) is 0. The number of allylic oxidation sites excluding steroid dienone is 2. The van der Waals surface area contributed by atoms with Gasteiger partial charge >= 0.3 is 0 Å². The Hall–Kier alpha value is -2.42. The van der Waals surface area contributed by atoms with E-state index in [1.807, 2.05) is 12.1 Å². The lowest BCUT2D eigenvalue weighted by atomic mass is 9.92. The van der Waals surface area contributed by atoms with Crippen LogP contribution in [0.4, 0.5) is 0 Å². The fraction of sp³-hybridized carbons (Fsp3) is 0.576. The van der Waals surface area contributed by atoms with E-state index in [9.17, 15) is 15.3 Å². The summed E-state index contributed by atoms with van der Waals surface area (Å²) in [7, 11) is 0. The first-order valence-electron chi connectivity index (χ1n) is 14.5. The van der Waals surface area contributed by atoms with Crippen molar-refractivity contribution in [3.63, 3.8) is 0 Å². The van der Waals surface area contributed by atoms with Crippen LogP contribution in [-0.2, 0) is 19.3 Å². The van der Waals surface area contributed by atoms with Crippen LogP contribution in [0.5, 0.6) is 17.2 Å². The zero-order chi connectivity index (χ0) is 26.0. The molecule has 2 aromatic carbocycles. The molecule has 0 spiro atoms. The Morgan fingerprint density at radius 1 is 0.556 bits per heavy atom. The van der Waals surface area contributed by atoms with Crippen LogP contribution in [0.3, 0.4) is 0 Å². The second-order valence-corrected chi connectivity index (χ2v) is 10.3. The van der Waals surface area contributed by atoms with Crippen LogP contribution in [0.25, 0.3) is 0 Å². The number of unbranched alkanes of at least 4 members (excludes halogenated alkanes) is 12. The van der Waals surface area contributed by atoms with Gasteiger partial charge in [0.2, 0.25) is 0 Å². The maximum atomic E-state index is 10.2. The van der Waals surface area contributed by atoms with Crippen molar-refractivity contribution >= 4 is 0 Å². The normalized spacial score (nSPS) is 11.5. The Morgan fingerprint density at radius 3 is 1.81 bits per heavy atom. The summed E-state index contributed by atoms with van der Waals surface area (Å²) in [6.07, 6.45) is 24.6. The van der Waals surface area contributed by atoms with Crippen molar-refractivity contribution < 1.29 is 15.3 Å². The van der Waals surface area contributed by atoms with Crippen LogP contribution in [0.15, 0.2) is 42.5 Å². The molecule has 0 saturated heterocycles. The minimum absolute atomic E-state index is 0.0634. The van der Waals surface area contributed by atoms with Gasteiger partial charge in [0.15, 0.2) is 11.5 Å². The lowest BCUT2D eigenvalue weighted by Crippen LogP contribution is -2.00. The predicted octanol–water partition coefficient (Wildman–Crippen LogP) is 9.54. The molecule has 3 nitrogen and oxygen atoms in total. The molecular formula is C33H50O3. The first-order chi connectivity index (χ1) is 17.5. The highest BCUT2D eigenvalue weighted by atomic mass is 16.3. The third kappa shape index (κ3) is 11.5. The molecule has 0 unspecified atom stereocenters. The topological polar surface area (TPSA) is 60.7 Å². The molecule has 3 N–H and O–H groups in total. The SMILES string of the molecule is CCCCCCC/C=C\Cc1cc(O)c(O)cc1Cc1ccc(O)cc1CCCCCCCCCC. The molecular weight excluding hydrogens is 444 g/mol. The minimum Gasteiger partial charge on any atom is -0.508 e. The van der Waals surface area contributed by atoms with Crippen molar-refractivity contribution in [3.05, 3.63) is 64.7 Å². The fourth-order valence-electron chi connectivity index (χ4n) is 4.88. The van der Waals surface area contributed by atoms with Gasteiger partial charge in [-0.15, -0.1) is 0 Å². The van der Waals surface area contributed by atoms with E-state index < -0.39 is 0 Å². The Balaban J connectivity index is 1.98. The van der Waals surface area contributed by atoms with Crippen molar-refractivity contribution in [1.29, 1.82) is 0 Å². The summed E-state index contributed by atoms with van der Waals surface area (Å²) in [6, 6.07) is 9.07. The van der Waals surface area contributed by atoms with E-state index in [1.165, 1.54) is 88.2 Å². The summed E-state index contributed by atoms with van der Waals surface area (Å²) in [5.41, 5.74) is 4.43. The summed E-state index contributed by atoms with van der Waals surface area (Å²) >= 11 is 0. The minimum atomic E-state index is -0.0722. The largest absolute Gasteiger partial charge is 0.508 e. The number of hydrogen-bond donors (Lipinski definition) is 3. The van der Waals surface area contributed by atoms with Crippen molar-refractivity contribution in [2.45, 2.75) is 123 Å². The van der Waals surface area contributed by atoms with Crippen molar-refractivity contribution in [2.75, 3.05) is 0 Å². The lowest BCUT2D eigenvalue weighted by molar-refractivity contribution is 0.402. The van der Waals surface area contributed by atoms with Gasteiger partial charge in [-0.3, -0.25) is 0 Å². The van der Waals surface area contributed by atoms with Crippen LogP contribution in [0, 0.1) is 0 Å². The number of rotatable bonds is 19. The maximum absolute atomic E-state index is 10.2. The van der Waals surface area contributed by atoms with Gasteiger partial charge in [-0.1, -0.05) is 103 Å². The second-order valence-electron chi connectivity index (χ2n) is 10.3. The molecule has 0 radical (unpaired) electrons. The molecule has 0 saturated carbocycles. The molecule has 2 rings (SSSR count). The first kappa shape index (κ1) is 29.8. The maximum Gasteiger partial charge on any atom is 0.157 e. The highest BCUT2D eigenvalue weighted by Crippen LogP contribution is 2.31. The number of benzene rings is 2. The Labute approximate surface area is 220 Å². The van der Waals surface area contributed by atoms with E-state index in [4.69, 9.17) is 0 Å². The molecule has 0 aliphatic carbocycles. The van der Waals surface area contributed by atoms with Gasteiger partial charge in [0.25, 0.3) is 0 Å². The smallest absolute Gasteiger partial charge is 0.157 e. The Bertz CT molecular complexity index is 900. The van der Waals surface area contributed by atoms with Crippen molar-refractivity contribution in [1.82, 2.24) is 0 Å². The number of hydrogen-bond acceptors (Lipinski definition) is 3. The van der Waals surface area contributed by atoms with Gasteiger partial charge in [-0.25, -0.2) is 0 Å². The highest BCUT2D eigenvalue weighted by Gasteiger charge is 2.12. The van der Waals surface area contributed by atoms with E-state index in [-0.39, 0.29) is 11.5 Å². The van der Waals surface area contributed by atoms with Crippen LogP contribution < -0.4 is 0 Å².